The van der Waals surface area contributed by atoms with Crippen LogP contribution in [0.5, 0.6) is 0 Å². The summed E-state index contributed by atoms with van der Waals surface area (Å²) >= 11 is 5.08. The summed E-state index contributed by atoms with van der Waals surface area (Å²) < 4.78 is 0. The Morgan fingerprint density at radius 1 is 1.50 bits per heavy atom. The second-order valence-corrected chi connectivity index (χ2v) is 6.01. The number of amides is 1. The van der Waals surface area contributed by atoms with Gasteiger partial charge < -0.3 is 5.32 Å². The predicted octanol–water partition coefficient (Wildman–Crippen LogP) is 3.43. The predicted molar refractivity (Wildman–Crippen MR) is 71.3 cm³/mol. The van der Waals surface area contributed by atoms with Crippen molar-refractivity contribution in [2.24, 2.45) is 5.41 Å². The van der Waals surface area contributed by atoms with Gasteiger partial charge in [-0.1, -0.05) is 34.8 Å². The van der Waals surface area contributed by atoms with Gasteiger partial charge in [-0.3, -0.25) is 4.79 Å². The maximum atomic E-state index is 11.8. The molecule has 1 heterocycles. The van der Waals surface area contributed by atoms with Gasteiger partial charge in [0, 0.05) is 11.9 Å². The molecule has 2 rings (SSSR count). The van der Waals surface area contributed by atoms with E-state index in [1.807, 2.05) is 17.5 Å². The molecule has 1 fully saturated rings. The highest BCUT2D eigenvalue weighted by Gasteiger charge is 2.33. The monoisotopic (exact) mass is 301 g/mol. The standard InChI is InChI=1S/C12H16BrNOS/c13-8-12(5-1-2-6-12)9-14-11(15)10-4-3-7-16-10/h3-4,7H,1-2,5-6,8-9H2,(H,14,15). The van der Waals surface area contributed by atoms with E-state index in [9.17, 15) is 4.79 Å². The van der Waals surface area contributed by atoms with Crippen molar-refractivity contribution in [2.75, 3.05) is 11.9 Å². The Balaban J connectivity index is 1.89. The largest absolute Gasteiger partial charge is 0.351 e. The van der Waals surface area contributed by atoms with Crippen LogP contribution < -0.4 is 5.32 Å². The summed E-state index contributed by atoms with van der Waals surface area (Å²) in [5.41, 5.74) is 0.299. The highest BCUT2D eigenvalue weighted by Crippen LogP contribution is 2.38. The summed E-state index contributed by atoms with van der Waals surface area (Å²) in [5.74, 6) is 0.0715. The number of thiophene rings is 1. The minimum Gasteiger partial charge on any atom is -0.351 e. The quantitative estimate of drug-likeness (QED) is 0.848. The van der Waals surface area contributed by atoms with Gasteiger partial charge >= 0.3 is 0 Å². The number of halogens is 1. The average Bonchev–Trinajstić information content (AvgIpc) is 2.98. The molecule has 0 spiro atoms. The fraction of sp³-hybridized carbons (Fsp3) is 0.583. The molecule has 0 aliphatic heterocycles. The molecule has 0 atom stereocenters. The lowest BCUT2D eigenvalue weighted by molar-refractivity contribution is 0.0939. The molecule has 0 aromatic carbocycles. The molecule has 0 bridgehead atoms. The summed E-state index contributed by atoms with van der Waals surface area (Å²) in [6.45, 7) is 0.801. The Labute approximate surface area is 109 Å². The maximum Gasteiger partial charge on any atom is 0.261 e. The van der Waals surface area contributed by atoms with E-state index < -0.39 is 0 Å². The zero-order valence-corrected chi connectivity index (χ0v) is 11.6. The summed E-state index contributed by atoms with van der Waals surface area (Å²) in [7, 11) is 0. The molecule has 1 aromatic heterocycles. The van der Waals surface area contributed by atoms with Crippen molar-refractivity contribution >= 4 is 33.2 Å². The Kier molecular flexibility index (Phi) is 4.03. The van der Waals surface area contributed by atoms with Gasteiger partial charge in [-0.05, 0) is 29.7 Å². The van der Waals surface area contributed by atoms with E-state index in [2.05, 4.69) is 21.2 Å². The van der Waals surface area contributed by atoms with Crippen molar-refractivity contribution in [3.63, 3.8) is 0 Å². The topological polar surface area (TPSA) is 29.1 Å². The number of carbonyl (C=O) groups excluding carboxylic acids is 1. The van der Waals surface area contributed by atoms with E-state index in [-0.39, 0.29) is 5.91 Å². The number of alkyl halides is 1. The SMILES string of the molecule is O=C(NCC1(CBr)CCCC1)c1cccs1. The van der Waals surface area contributed by atoms with Gasteiger partial charge in [-0.25, -0.2) is 0 Å². The number of hydrogen-bond donors (Lipinski definition) is 1. The molecular formula is C12H16BrNOS. The molecule has 1 N–H and O–H groups in total. The Hall–Kier alpha value is -0.350. The van der Waals surface area contributed by atoms with Crippen LogP contribution in [0.25, 0.3) is 0 Å². The van der Waals surface area contributed by atoms with Crippen molar-refractivity contribution in [3.05, 3.63) is 22.4 Å². The second-order valence-electron chi connectivity index (χ2n) is 4.50. The van der Waals surface area contributed by atoms with E-state index in [4.69, 9.17) is 0 Å². The van der Waals surface area contributed by atoms with Crippen LogP contribution in [-0.2, 0) is 0 Å². The molecule has 16 heavy (non-hydrogen) atoms. The van der Waals surface area contributed by atoms with Crippen LogP contribution in [0.2, 0.25) is 0 Å². The van der Waals surface area contributed by atoms with E-state index in [1.54, 1.807) is 0 Å². The van der Waals surface area contributed by atoms with Crippen molar-refractivity contribution in [2.45, 2.75) is 25.7 Å². The molecule has 1 aliphatic carbocycles. The van der Waals surface area contributed by atoms with Gasteiger partial charge in [-0.15, -0.1) is 11.3 Å². The fourth-order valence-corrected chi connectivity index (χ4v) is 3.64. The van der Waals surface area contributed by atoms with E-state index in [0.29, 0.717) is 5.41 Å². The summed E-state index contributed by atoms with van der Waals surface area (Å²) in [6, 6.07) is 3.78. The number of rotatable bonds is 4. The van der Waals surface area contributed by atoms with Gasteiger partial charge in [0.25, 0.3) is 5.91 Å². The summed E-state index contributed by atoms with van der Waals surface area (Å²) in [6.07, 6.45) is 5.03. The second kappa shape index (κ2) is 5.32. The lowest BCUT2D eigenvalue weighted by atomic mass is 9.89. The van der Waals surface area contributed by atoms with E-state index >= 15 is 0 Å². The van der Waals surface area contributed by atoms with Crippen molar-refractivity contribution in [3.8, 4) is 0 Å². The third-order valence-electron chi connectivity index (χ3n) is 3.32. The molecule has 4 heteroatoms. The first kappa shape index (κ1) is 12.1. The minimum absolute atomic E-state index is 0.0715. The van der Waals surface area contributed by atoms with Gasteiger partial charge in [0.1, 0.15) is 0 Å². The normalized spacial score (nSPS) is 18.6. The first-order valence-electron chi connectivity index (χ1n) is 5.63. The molecule has 0 radical (unpaired) electrons. The van der Waals surface area contributed by atoms with Crippen LogP contribution in [0.3, 0.4) is 0 Å². The molecule has 1 amide bonds. The van der Waals surface area contributed by atoms with Gasteiger partial charge in [-0.2, -0.15) is 0 Å². The molecule has 0 saturated heterocycles. The van der Waals surface area contributed by atoms with Crippen molar-refractivity contribution in [1.29, 1.82) is 0 Å². The van der Waals surface area contributed by atoms with Crippen LogP contribution in [-0.4, -0.2) is 17.8 Å². The lowest BCUT2D eigenvalue weighted by Crippen LogP contribution is -2.36. The Morgan fingerprint density at radius 3 is 2.81 bits per heavy atom. The average molecular weight is 302 g/mol. The van der Waals surface area contributed by atoms with Gasteiger partial charge in [0.05, 0.1) is 4.88 Å². The zero-order valence-electron chi connectivity index (χ0n) is 9.17. The van der Waals surface area contributed by atoms with Crippen molar-refractivity contribution < 1.29 is 4.79 Å². The van der Waals surface area contributed by atoms with Gasteiger partial charge in [0.2, 0.25) is 0 Å². The number of nitrogens with one attached hydrogen (secondary N) is 1. The molecule has 1 aromatic rings. The third kappa shape index (κ3) is 2.66. The van der Waals surface area contributed by atoms with Crippen LogP contribution >= 0.6 is 27.3 Å². The third-order valence-corrected chi connectivity index (χ3v) is 5.37. The van der Waals surface area contributed by atoms with E-state index in [1.165, 1.54) is 37.0 Å². The molecule has 0 unspecified atom stereocenters. The van der Waals surface area contributed by atoms with Crippen LogP contribution in [0.4, 0.5) is 0 Å². The maximum absolute atomic E-state index is 11.8. The number of carbonyl (C=O) groups is 1. The number of hydrogen-bond acceptors (Lipinski definition) is 2. The van der Waals surface area contributed by atoms with E-state index in [0.717, 1.165) is 16.8 Å². The first-order valence-corrected chi connectivity index (χ1v) is 7.64. The minimum atomic E-state index is 0.0715. The van der Waals surface area contributed by atoms with Crippen LogP contribution in [0.1, 0.15) is 35.4 Å². The van der Waals surface area contributed by atoms with Crippen molar-refractivity contribution in [1.82, 2.24) is 5.32 Å². The van der Waals surface area contributed by atoms with Gasteiger partial charge in [0.15, 0.2) is 0 Å². The molecule has 2 nitrogen and oxygen atoms in total. The molecular weight excluding hydrogens is 286 g/mol. The molecule has 1 aliphatic rings. The Morgan fingerprint density at radius 2 is 2.25 bits per heavy atom. The zero-order chi connectivity index (χ0) is 11.4. The highest BCUT2D eigenvalue weighted by molar-refractivity contribution is 9.09. The smallest absolute Gasteiger partial charge is 0.261 e. The summed E-state index contributed by atoms with van der Waals surface area (Å²) in [4.78, 5) is 12.6. The molecule has 88 valence electrons. The Bertz CT molecular complexity index is 344. The summed E-state index contributed by atoms with van der Waals surface area (Å²) in [5, 5.41) is 5.99. The molecule has 1 saturated carbocycles. The van der Waals surface area contributed by atoms with Crippen LogP contribution in [0.15, 0.2) is 17.5 Å². The highest BCUT2D eigenvalue weighted by atomic mass is 79.9. The fourth-order valence-electron chi connectivity index (χ4n) is 2.25. The van der Waals surface area contributed by atoms with Crippen LogP contribution in [0, 0.1) is 5.41 Å². The lowest BCUT2D eigenvalue weighted by Gasteiger charge is -2.26. The first-order chi connectivity index (χ1) is 7.76.